The lowest BCUT2D eigenvalue weighted by Gasteiger charge is -2.62. The van der Waals surface area contributed by atoms with E-state index in [-0.39, 0.29) is 10.3 Å². The summed E-state index contributed by atoms with van der Waals surface area (Å²) in [5, 5.41) is 5.82. The molecule has 2 heteroatoms. The van der Waals surface area contributed by atoms with Gasteiger partial charge in [0.2, 0.25) is 0 Å². The third-order valence-corrected chi connectivity index (χ3v) is 17.4. The van der Waals surface area contributed by atoms with Gasteiger partial charge in [0.05, 0.1) is 0 Å². The van der Waals surface area contributed by atoms with Gasteiger partial charge in [-0.25, -0.2) is 0 Å². The topological polar surface area (TPSA) is 0 Å². The average molecular weight is 659 g/mol. The molecule has 0 heterocycles. The van der Waals surface area contributed by atoms with Crippen LogP contribution in [0.4, 0.5) is 0 Å². The van der Waals surface area contributed by atoms with Gasteiger partial charge in [-0.15, -0.1) is 0 Å². The van der Waals surface area contributed by atoms with Crippen molar-refractivity contribution >= 4 is 37.1 Å². The molecule has 238 valence electrons. The second kappa shape index (κ2) is 12.6. The molecule has 0 spiro atoms. The van der Waals surface area contributed by atoms with Gasteiger partial charge < -0.3 is 0 Å². The number of hydrogen-bond acceptors (Lipinski definition) is 0. The van der Waals surface area contributed by atoms with Crippen LogP contribution in [0, 0.1) is 11.8 Å². The monoisotopic (exact) mass is 658 g/mol. The summed E-state index contributed by atoms with van der Waals surface area (Å²) < 4.78 is 0. The van der Waals surface area contributed by atoms with Crippen LogP contribution in [0.1, 0.15) is 61.8 Å². The zero-order valence-corrected chi connectivity index (χ0v) is 30.2. The normalized spacial score (nSPS) is 20.0. The Bertz CT molecular complexity index is 1730. The molecule has 0 fully saturated rings. The fourth-order valence-corrected chi connectivity index (χ4v) is 16.0. The minimum absolute atomic E-state index is 0.0294. The van der Waals surface area contributed by atoms with Gasteiger partial charge in [0.25, 0.3) is 0 Å². The fraction of sp³-hybridized carbons (Fsp3) is 0.217. The molecule has 0 saturated heterocycles. The molecule has 0 saturated carbocycles. The van der Waals surface area contributed by atoms with E-state index in [4.69, 9.17) is 0 Å². The molecular formula is C46H44P2. The van der Waals surface area contributed by atoms with Crippen molar-refractivity contribution in [3.05, 3.63) is 192 Å². The zero-order valence-electron chi connectivity index (χ0n) is 28.4. The Morgan fingerprint density at radius 2 is 0.521 bits per heavy atom. The van der Waals surface area contributed by atoms with Crippen molar-refractivity contribution in [3.63, 3.8) is 0 Å². The highest BCUT2D eigenvalue weighted by atomic mass is 31.1. The lowest BCUT2D eigenvalue weighted by atomic mass is 9.49. The third-order valence-electron chi connectivity index (χ3n) is 11.3. The van der Waals surface area contributed by atoms with Gasteiger partial charge in [-0.1, -0.05) is 198 Å². The molecule has 0 aliphatic heterocycles. The Kier molecular flexibility index (Phi) is 8.23. The fourth-order valence-electron chi connectivity index (χ4n) is 9.61. The first-order valence-electron chi connectivity index (χ1n) is 17.4. The Morgan fingerprint density at radius 3 is 0.750 bits per heavy atom. The maximum Gasteiger partial charge on any atom is 0.0135 e. The molecule has 6 aromatic carbocycles. The molecule has 3 aliphatic carbocycles. The zero-order chi connectivity index (χ0) is 32.9. The Labute approximate surface area is 289 Å². The van der Waals surface area contributed by atoms with Crippen molar-refractivity contribution in [1.82, 2.24) is 0 Å². The van der Waals surface area contributed by atoms with Gasteiger partial charge in [0.15, 0.2) is 0 Å². The largest absolute Gasteiger partial charge is 0.0622 e. The van der Waals surface area contributed by atoms with E-state index in [0.717, 1.165) is 0 Å². The number of benzene rings is 6. The smallest absolute Gasteiger partial charge is 0.0135 e. The highest BCUT2D eigenvalue weighted by Gasteiger charge is 2.61. The average Bonchev–Trinajstić information content (AvgIpc) is 3.13. The van der Waals surface area contributed by atoms with Crippen molar-refractivity contribution in [2.24, 2.45) is 11.8 Å². The predicted molar refractivity (Wildman–Crippen MR) is 210 cm³/mol. The third kappa shape index (κ3) is 5.12. The molecule has 2 bridgehead atoms. The molecule has 6 aromatic rings. The number of rotatable bonds is 8. The van der Waals surface area contributed by atoms with E-state index in [1.54, 1.807) is 22.3 Å². The maximum absolute atomic E-state index is 2.63. The van der Waals surface area contributed by atoms with Crippen LogP contribution in [-0.4, -0.2) is 10.3 Å². The SMILES string of the molecule is CC(C)([C@H]1C2c3ccccc3C(c3ccccc32)[C@@H]1C(C)(C)P(c1ccccc1)c1ccccc1)P(c1ccccc1)c1ccccc1. The van der Waals surface area contributed by atoms with Crippen LogP contribution in [0.25, 0.3) is 0 Å². The summed E-state index contributed by atoms with van der Waals surface area (Å²) in [5.74, 6) is 1.46. The molecular weight excluding hydrogens is 614 g/mol. The summed E-state index contributed by atoms with van der Waals surface area (Å²) in [4.78, 5) is 0. The summed E-state index contributed by atoms with van der Waals surface area (Å²) in [5.41, 5.74) is 6.19. The first kappa shape index (κ1) is 31.4. The lowest BCUT2D eigenvalue weighted by molar-refractivity contribution is 0.155. The first-order chi connectivity index (χ1) is 23.4. The minimum atomic E-state index is -0.702. The lowest BCUT2D eigenvalue weighted by Crippen LogP contribution is -2.57. The second-order valence-electron chi connectivity index (χ2n) is 14.6. The predicted octanol–water partition coefficient (Wildman–Crippen LogP) is 10.3. The van der Waals surface area contributed by atoms with Gasteiger partial charge in [-0.2, -0.15) is 0 Å². The van der Waals surface area contributed by atoms with E-state index in [1.807, 2.05) is 0 Å². The molecule has 3 aliphatic rings. The van der Waals surface area contributed by atoms with Crippen molar-refractivity contribution < 1.29 is 0 Å². The van der Waals surface area contributed by atoms with Crippen molar-refractivity contribution in [1.29, 1.82) is 0 Å². The summed E-state index contributed by atoms with van der Waals surface area (Å²) >= 11 is 0. The van der Waals surface area contributed by atoms with Crippen LogP contribution < -0.4 is 21.2 Å². The highest BCUT2D eigenvalue weighted by molar-refractivity contribution is 7.75. The summed E-state index contributed by atoms with van der Waals surface area (Å²) in [6.07, 6.45) is 0. The molecule has 0 radical (unpaired) electrons. The Hall–Kier alpha value is -3.82. The molecule has 9 rings (SSSR count). The number of hydrogen-bond donors (Lipinski definition) is 0. The van der Waals surface area contributed by atoms with Crippen LogP contribution in [0.5, 0.6) is 0 Å². The molecule has 0 N–H and O–H groups in total. The van der Waals surface area contributed by atoms with Gasteiger partial charge in [-0.3, -0.25) is 0 Å². The summed E-state index contributed by atoms with van der Waals surface area (Å²) in [6.45, 7) is 10.5. The number of fused-ring (bicyclic) bond motifs is 1. The summed E-state index contributed by atoms with van der Waals surface area (Å²) in [7, 11) is -1.40. The van der Waals surface area contributed by atoms with Crippen LogP contribution >= 0.6 is 15.8 Å². The molecule has 0 unspecified atom stereocenters. The van der Waals surface area contributed by atoms with Gasteiger partial charge in [-0.05, 0) is 81.5 Å². The summed E-state index contributed by atoms with van der Waals surface area (Å²) in [6, 6.07) is 64.7. The first-order valence-corrected chi connectivity index (χ1v) is 20.1. The van der Waals surface area contributed by atoms with E-state index in [2.05, 4.69) is 198 Å². The Morgan fingerprint density at radius 1 is 0.312 bits per heavy atom. The van der Waals surface area contributed by atoms with Crippen LogP contribution in [-0.2, 0) is 0 Å². The molecule has 0 nitrogen and oxygen atoms in total. The van der Waals surface area contributed by atoms with Gasteiger partial charge >= 0.3 is 0 Å². The van der Waals surface area contributed by atoms with Crippen molar-refractivity contribution in [2.45, 2.75) is 49.8 Å². The van der Waals surface area contributed by atoms with Crippen LogP contribution in [0.15, 0.2) is 170 Å². The molecule has 0 amide bonds. The van der Waals surface area contributed by atoms with E-state index in [1.165, 1.54) is 21.2 Å². The maximum atomic E-state index is 2.63. The van der Waals surface area contributed by atoms with Gasteiger partial charge in [0, 0.05) is 11.8 Å². The van der Waals surface area contributed by atoms with Crippen LogP contribution in [0.2, 0.25) is 0 Å². The molecule has 2 atom stereocenters. The van der Waals surface area contributed by atoms with Gasteiger partial charge in [0.1, 0.15) is 0 Å². The van der Waals surface area contributed by atoms with E-state index in [0.29, 0.717) is 23.7 Å². The van der Waals surface area contributed by atoms with E-state index < -0.39 is 15.8 Å². The molecule has 0 aromatic heterocycles. The minimum Gasteiger partial charge on any atom is -0.0622 e. The Balaban J connectivity index is 1.42. The van der Waals surface area contributed by atoms with Crippen molar-refractivity contribution in [3.8, 4) is 0 Å². The second-order valence-corrected chi connectivity index (χ2v) is 20.3. The standard InChI is InChI=1S/C46H44P2/c1-45(2,47(33-21-9-5-10-22-33)34-23-11-6-12-24-34)43-41-37-29-17-19-31-39(37)42(40-32-20-18-30-38(40)41)44(43)46(3,4)48(35-25-13-7-14-26-35)36-27-15-8-16-28-36/h5-32,41-44H,1-4H3/t41?,42?,43-,44-/m0/s1. The van der Waals surface area contributed by atoms with Crippen LogP contribution in [0.3, 0.4) is 0 Å². The van der Waals surface area contributed by atoms with Crippen molar-refractivity contribution in [2.75, 3.05) is 0 Å². The molecule has 48 heavy (non-hydrogen) atoms. The van der Waals surface area contributed by atoms with E-state index >= 15 is 0 Å². The van der Waals surface area contributed by atoms with E-state index in [9.17, 15) is 0 Å². The quantitative estimate of drug-likeness (QED) is 0.143. The highest BCUT2D eigenvalue weighted by Crippen LogP contribution is 2.72.